The van der Waals surface area contributed by atoms with Crippen LogP contribution in [0.5, 0.6) is 5.75 Å². The Balaban J connectivity index is 1.22. The number of ether oxygens (including phenoxy) is 1. The molecule has 0 saturated carbocycles. The highest BCUT2D eigenvalue weighted by molar-refractivity contribution is 9.10. The Labute approximate surface area is 202 Å². The van der Waals surface area contributed by atoms with Crippen LogP contribution >= 0.6 is 39.3 Å². The van der Waals surface area contributed by atoms with E-state index in [-0.39, 0.29) is 5.24 Å². The van der Waals surface area contributed by atoms with Crippen molar-refractivity contribution in [2.24, 2.45) is 5.92 Å². The van der Waals surface area contributed by atoms with E-state index in [1.165, 1.54) is 30.2 Å². The molecular weight excluding hydrogens is 496 g/mol. The first-order chi connectivity index (χ1) is 15.0. The number of halogens is 2. The first-order valence-electron chi connectivity index (χ1n) is 10.8. The average molecular weight is 524 g/mol. The van der Waals surface area contributed by atoms with Crippen LogP contribution in [0.2, 0.25) is 5.02 Å². The summed E-state index contributed by atoms with van der Waals surface area (Å²) in [6, 6.07) is 13.8. The van der Waals surface area contributed by atoms with Crippen LogP contribution < -0.4 is 9.64 Å². The molecule has 2 saturated heterocycles. The lowest BCUT2D eigenvalue weighted by molar-refractivity contribution is 0.182. The maximum Gasteiger partial charge on any atom is 0.286 e. The molecule has 0 spiro atoms. The van der Waals surface area contributed by atoms with Crippen molar-refractivity contribution in [1.82, 2.24) is 4.90 Å². The fourth-order valence-corrected chi connectivity index (χ4v) is 6.04. The van der Waals surface area contributed by atoms with Gasteiger partial charge in [0.1, 0.15) is 5.75 Å². The van der Waals surface area contributed by atoms with Crippen molar-refractivity contribution >= 4 is 50.2 Å². The van der Waals surface area contributed by atoms with E-state index >= 15 is 0 Å². The Morgan fingerprint density at radius 3 is 2.61 bits per heavy atom. The van der Waals surface area contributed by atoms with Crippen molar-refractivity contribution in [3.8, 4) is 5.75 Å². The van der Waals surface area contributed by atoms with Gasteiger partial charge in [0.2, 0.25) is 0 Å². The molecule has 0 aromatic heterocycles. The number of carbonyl (C=O) groups is 1. The number of hydrogen-bond acceptors (Lipinski definition) is 4. The van der Waals surface area contributed by atoms with Crippen LogP contribution in [0.1, 0.15) is 24.8 Å². The number of benzene rings is 2. The normalized spacial score (nSPS) is 20.4. The summed E-state index contributed by atoms with van der Waals surface area (Å²) >= 11 is 11.3. The monoisotopic (exact) mass is 522 g/mol. The molecule has 0 aliphatic carbocycles. The van der Waals surface area contributed by atoms with E-state index in [4.69, 9.17) is 16.3 Å². The molecule has 1 atom stereocenters. The molecule has 2 aromatic carbocycles. The second-order valence-electron chi connectivity index (χ2n) is 8.33. The summed E-state index contributed by atoms with van der Waals surface area (Å²) in [5, 5.41) is 1.32. The van der Waals surface area contributed by atoms with Crippen molar-refractivity contribution in [3.63, 3.8) is 0 Å². The highest BCUT2D eigenvalue weighted by Crippen LogP contribution is 2.33. The molecule has 166 valence electrons. The van der Waals surface area contributed by atoms with Gasteiger partial charge in [-0.1, -0.05) is 39.3 Å². The molecule has 2 aliphatic rings. The zero-order chi connectivity index (χ0) is 21.8. The van der Waals surface area contributed by atoms with Crippen LogP contribution in [-0.4, -0.2) is 48.7 Å². The van der Waals surface area contributed by atoms with E-state index in [1.807, 2.05) is 41.3 Å². The van der Waals surface area contributed by atoms with Crippen LogP contribution in [0.15, 0.2) is 46.9 Å². The number of thioether (sulfide) groups is 1. The van der Waals surface area contributed by atoms with Crippen LogP contribution in [0.3, 0.4) is 0 Å². The molecule has 4 nitrogen and oxygen atoms in total. The zero-order valence-corrected chi connectivity index (χ0v) is 20.9. The Kier molecular flexibility index (Phi) is 7.86. The van der Waals surface area contributed by atoms with Gasteiger partial charge < -0.3 is 14.5 Å². The predicted octanol–water partition coefficient (Wildman–Crippen LogP) is 6.50. The summed E-state index contributed by atoms with van der Waals surface area (Å²) in [4.78, 5) is 16.9. The minimum absolute atomic E-state index is 0.154. The van der Waals surface area contributed by atoms with Crippen LogP contribution in [0.4, 0.5) is 10.5 Å². The van der Waals surface area contributed by atoms with Crippen LogP contribution in [0.25, 0.3) is 0 Å². The van der Waals surface area contributed by atoms with E-state index in [2.05, 4.69) is 26.9 Å². The van der Waals surface area contributed by atoms with Gasteiger partial charge in [-0.3, -0.25) is 4.79 Å². The first-order valence-corrected chi connectivity index (χ1v) is 12.9. The van der Waals surface area contributed by atoms with Crippen molar-refractivity contribution in [2.75, 3.05) is 38.2 Å². The van der Waals surface area contributed by atoms with Gasteiger partial charge in [0.25, 0.3) is 5.24 Å². The van der Waals surface area contributed by atoms with E-state index in [0.29, 0.717) is 11.2 Å². The number of nitrogens with zero attached hydrogens (tertiary/aromatic N) is 2. The van der Waals surface area contributed by atoms with Crippen molar-refractivity contribution in [2.45, 2.75) is 30.9 Å². The fourth-order valence-electron chi connectivity index (χ4n) is 4.40. The topological polar surface area (TPSA) is 32.8 Å². The number of carbonyl (C=O) groups excluding carboxylic acids is 1. The van der Waals surface area contributed by atoms with Gasteiger partial charge in [-0.25, -0.2) is 0 Å². The third-order valence-corrected chi connectivity index (χ3v) is 8.40. The minimum atomic E-state index is 0.154. The van der Waals surface area contributed by atoms with Gasteiger partial charge in [0, 0.05) is 27.0 Å². The number of likely N-dealkylation sites (tertiary alicyclic amines) is 1. The van der Waals surface area contributed by atoms with Gasteiger partial charge in [-0.15, -0.1) is 0 Å². The third kappa shape index (κ3) is 5.98. The third-order valence-electron chi connectivity index (χ3n) is 6.25. The number of rotatable bonds is 7. The molecule has 2 fully saturated rings. The smallest absolute Gasteiger partial charge is 0.286 e. The largest absolute Gasteiger partial charge is 0.497 e. The molecule has 2 aromatic rings. The van der Waals surface area contributed by atoms with Gasteiger partial charge >= 0.3 is 0 Å². The SMILES string of the molecule is COc1ccc(N2CC(CCN3CCC(Cc4cc(Cl)ccc4Br)CC3)SC2=O)cc1. The lowest BCUT2D eigenvalue weighted by Gasteiger charge is -2.32. The fraction of sp³-hybridized carbons (Fsp3) is 0.458. The molecule has 0 N–H and O–H groups in total. The van der Waals surface area contributed by atoms with Gasteiger partial charge in [0.05, 0.1) is 7.11 Å². The Hall–Kier alpha value is -1.21. The van der Waals surface area contributed by atoms with E-state index in [0.717, 1.165) is 60.0 Å². The number of anilines is 1. The molecule has 0 bridgehead atoms. The highest BCUT2D eigenvalue weighted by Gasteiger charge is 2.32. The maximum absolute atomic E-state index is 12.5. The maximum atomic E-state index is 12.5. The Morgan fingerprint density at radius 2 is 1.90 bits per heavy atom. The molecule has 4 rings (SSSR count). The summed E-state index contributed by atoms with van der Waals surface area (Å²) in [5.74, 6) is 1.52. The van der Waals surface area contributed by atoms with Crippen LogP contribution in [-0.2, 0) is 6.42 Å². The predicted molar refractivity (Wildman–Crippen MR) is 134 cm³/mol. The molecular formula is C24H28BrClN2O2S. The van der Waals surface area contributed by atoms with E-state index in [9.17, 15) is 4.79 Å². The minimum Gasteiger partial charge on any atom is -0.497 e. The number of hydrogen-bond donors (Lipinski definition) is 0. The van der Waals surface area contributed by atoms with E-state index < -0.39 is 0 Å². The Bertz CT molecular complexity index is 903. The number of methoxy groups -OCH3 is 1. The summed E-state index contributed by atoms with van der Waals surface area (Å²) in [7, 11) is 1.65. The molecule has 2 heterocycles. The van der Waals surface area contributed by atoms with E-state index in [1.54, 1.807) is 7.11 Å². The van der Waals surface area contributed by atoms with Gasteiger partial charge in [-0.2, -0.15) is 0 Å². The molecule has 31 heavy (non-hydrogen) atoms. The lowest BCUT2D eigenvalue weighted by atomic mass is 9.90. The number of piperidine rings is 1. The quantitative estimate of drug-likeness (QED) is 0.415. The van der Waals surface area contributed by atoms with Gasteiger partial charge in [-0.05, 0) is 99.3 Å². The van der Waals surface area contributed by atoms with Crippen LogP contribution in [0, 0.1) is 5.92 Å². The second kappa shape index (κ2) is 10.6. The average Bonchev–Trinajstić information content (AvgIpc) is 3.16. The standard InChI is InChI=1S/C24H28BrClN2O2S/c1-30-21-5-3-20(4-6-21)28-16-22(31-24(28)29)10-13-27-11-8-17(9-12-27)14-18-15-19(26)2-7-23(18)25/h2-7,15,17,22H,8-14,16H2,1H3. The van der Waals surface area contributed by atoms with Crippen molar-refractivity contribution in [1.29, 1.82) is 0 Å². The summed E-state index contributed by atoms with van der Waals surface area (Å²) in [6.07, 6.45) is 4.56. The molecule has 0 radical (unpaired) electrons. The van der Waals surface area contributed by atoms with Crippen molar-refractivity contribution in [3.05, 3.63) is 57.5 Å². The molecule has 7 heteroatoms. The second-order valence-corrected chi connectivity index (χ2v) is 10.9. The summed E-state index contributed by atoms with van der Waals surface area (Å²) in [5.41, 5.74) is 2.26. The number of amides is 1. The first kappa shape index (κ1) is 23.0. The lowest BCUT2D eigenvalue weighted by Crippen LogP contribution is -2.36. The molecule has 1 amide bonds. The van der Waals surface area contributed by atoms with Gasteiger partial charge in [0.15, 0.2) is 0 Å². The highest BCUT2D eigenvalue weighted by atomic mass is 79.9. The summed E-state index contributed by atoms with van der Waals surface area (Å²) in [6.45, 7) is 4.12. The Morgan fingerprint density at radius 1 is 1.16 bits per heavy atom. The van der Waals surface area contributed by atoms with Crippen molar-refractivity contribution < 1.29 is 9.53 Å². The summed E-state index contributed by atoms with van der Waals surface area (Å²) < 4.78 is 6.37. The molecule has 2 aliphatic heterocycles. The molecule has 1 unspecified atom stereocenters. The zero-order valence-electron chi connectivity index (χ0n) is 17.7.